The van der Waals surface area contributed by atoms with Crippen LogP contribution in [-0.4, -0.2) is 19.0 Å². The van der Waals surface area contributed by atoms with Crippen LogP contribution >= 0.6 is 0 Å². The van der Waals surface area contributed by atoms with Gasteiger partial charge in [0, 0.05) is 17.9 Å². The van der Waals surface area contributed by atoms with E-state index in [0.29, 0.717) is 6.54 Å². The molecule has 4 heteroatoms. The van der Waals surface area contributed by atoms with E-state index >= 15 is 0 Å². The van der Waals surface area contributed by atoms with E-state index in [1.807, 2.05) is 0 Å². The molecule has 2 aromatic carbocycles. The molecule has 0 aliphatic carbocycles. The standard InChI is InChI=1S/C19H26N4/c1-15-5-9-17(10-6-15)22-19(21-14-4-3-13-20)23-18-11-7-16(2)8-12-18/h5-12H,3-4,13-14,20H2,1-2H3,(H2,21,22,23). The summed E-state index contributed by atoms with van der Waals surface area (Å²) < 4.78 is 0. The molecule has 4 nitrogen and oxygen atoms in total. The molecule has 2 rings (SSSR count). The summed E-state index contributed by atoms with van der Waals surface area (Å²) in [4.78, 5) is 4.64. The van der Waals surface area contributed by atoms with E-state index < -0.39 is 0 Å². The molecule has 0 heterocycles. The van der Waals surface area contributed by atoms with Crippen molar-refractivity contribution in [2.24, 2.45) is 10.7 Å². The van der Waals surface area contributed by atoms with Crippen LogP contribution < -0.4 is 16.4 Å². The molecule has 4 N–H and O–H groups in total. The largest absolute Gasteiger partial charge is 0.330 e. The molecule has 0 atom stereocenters. The average molecular weight is 310 g/mol. The summed E-state index contributed by atoms with van der Waals surface area (Å²) in [5.41, 5.74) is 10.1. The highest BCUT2D eigenvalue weighted by atomic mass is 15.2. The minimum absolute atomic E-state index is 0.710. The zero-order valence-electron chi connectivity index (χ0n) is 14.0. The van der Waals surface area contributed by atoms with E-state index in [9.17, 15) is 0 Å². The Balaban J connectivity index is 2.07. The number of nitrogens with one attached hydrogen (secondary N) is 2. The van der Waals surface area contributed by atoms with Crippen LogP contribution in [0.25, 0.3) is 0 Å². The number of unbranched alkanes of at least 4 members (excludes halogenated alkanes) is 1. The van der Waals surface area contributed by atoms with Crippen molar-refractivity contribution in [1.82, 2.24) is 0 Å². The van der Waals surface area contributed by atoms with Crippen LogP contribution in [0.15, 0.2) is 53.5 Å². The van der Waals surface area contributed by atoms with Gasteiger partial charge in [-0.05, 0) is 57.5 Å². The molecule has 0 bridgehead atoms. The van der Waals surface area contributed by atoms with E-state index in [-0.39, 0.29) is 0 Å². The van der Waals surface area contributed by atoms with Crippen molar-refractivity contribution in [2.45, 2.75) is 26.7 Å². The lowest BCUT2D eigenvalue weighted by Gasteiger charge is -2.13. The smallest absolute Gasteiger partial charge is 0.200 e. The second-order valence-corrected chi connectivity index (χ2v) is 5.71. The van der Waals surface area contributed by atoms with Crippen LogP contribution in [0.3, 0.4) is 0 Å². The second-order valence-electron chi connectivity index (χ2n) is 5.71. The van der Waals surface area contributed by atoms with Crippen LogP contribution in [0.2, 0.25) is 0 Å². The SMILES string of the molecule is Cc1ccc(NC(=NCCCCN)Nc2ccc(C)cc2)cc1. The number of anilines is 2. The minimum Gasteiger partial charge on any atom is -0.330 e. The number of hydrogen-bond donors (Lipinski definition) is 3. The number of guanidine groups is 1. The number of rotatable bonds is 6. The molecule has 0 spiro atoms. The molecular weight excluding hydrogens is 284 g/mol. The maximum Gasteiger partial charge on any atom is 0.200 e. The van der Waals surface area contributed by atoms with E-state index in [4.69, 9.17) is 5.73 Å². The van der Waals surface area contributed by atoms with Gasteiger partial charge in [0.15, 0.2) is 5.96 Å². The van der Waals surface area contributed by atoms with Crippen LogP contribution in [0.1, 0.15) is 24.0 Å². The fourth-order valence-electron chi connectivity index (χ4n) is 2.10. The Morgan fingerprint density at radius 1 is 0.826 bits per heavy atom. The summed E-state index contributed by atoms with van der Waals surface area (Å²) in [5.74, 6) is 0.759. The van der Waals surface area contributed by atoms with Crippen LogP contribution in [0.5, 0.6) is 0 Å². The minimum atomic E-state index is 0.710. The molecule has 0 aliphatic heterocycles. The average Bonchev–Trinajstić information content (AvgIpc) is 2.55. The van der Waals surface area contributed by atoms with Crippen LogP contribution in [0.4, 0.5) is 11.4 Å². The first-order chi connectivity index (χ1) is 11.2. The van der Waals surface area contributed by atoms with Gasteiger partial charge in [-0.2, -0.15) is 0 Å². The second kappa shape index (κ2) is 8.96. The number of benzene rings is 2. The number of aliphatic imine (C=N–C) groups is 1. The molecule has 0 aromatic heterocycles. The Morgan fingerprint density at radius 3 is 1.74 bits per heavy atom. The first kappa shape index (κ1) is 17.0. The van der Waals surface area contributed by atoms with Crippen molar-refractivity contribution >= 4 is 17.3 Å². The van der Waals surface area contributed by atoms with Crippen LogP contribution in [-0.2, 0) is 0 Å². The zero-order valence-corrected chi connectivity index (χ0v) is 14.0. The van der Waals surface area contributed by atoms with Gasteiger partial charge in [-0.1, -0.05) is 35.4 Å². The predicted octanol–water partition coefficient (Wildman–Crippen LogP) is 3.92. The molecule has 0 saturated carbocycles. The van der Waals surface area contributed by atoms with Gasteiger partial charge in [-0.3, -0.25) is 4.99 Å². The Bertz CT molecular complexity index is 565. The molecule has 0 amide bonds. The molecule has 0 unspecified atom stereocenters. The van der Waals surface area contributed by atoms with Gasteiger partial charge < -0.3 is 16.4 Å². The lowest BCUT2D eigenvalue weighted by atomic mass is 10.2. The maximum absolute atomic E-state index is 5.54. The summed E-state index contributed by atoms with van der Waals surface area (Å²) in [7, 11) is 0. The first-order valence-corrected chi connectivity index (χ1v) is 8.09. The van der Waals surface area contributed by atoms with E-state index in [1.165, 1.54) is 11.1 Å². The molecule has 23 heavy (non-hydrogen) atoms. The monoisotopic (exact) mass is 310 g/mol. The van der Waals surface area contributed by atoms with Crippen molar-refractivity contribution in [1.29, 1.82) is 0 Å². The fourth-order valence-corrected chi connectivity index (χ4v) is 2.10. The van der Waals surface area contributed by atoms with Gasteiger partial charge in [0.1, 0.15) is 0 Å². The number of nitrogens with two attached hydrogens (primary N) is 1. The topological polar surface area (TPSA) is 62.4 Å². The molecule has 2 aromatic rings. The third kappa shape index (κ3) is 6.12. The first-order valence-electron chi connectivity index (χ1n) is 8.09. The van der Waals surface area contributed by atoms with E-state index in [1.54, 1.807) is 0 Å². The molecule has 122 valence electrons. The number of hydrogen-bond acceptors (Lipinski definition) is 2. The number of nitrogens with zero attached hydrogens (tertiary/aromatic N) is 1. The highest BCUT2D eigenvalue weighted by Gasteiger charge is 2.01. The van der Waals surface area contributed by atoms with Crippen molar-refractivity contribution in [3.05, 3.63) is 59.7 Å². The third-order valence-corrected chi connectivity index (χ3v) is 3.51. The highest BCUT2D eigenvalue weighted by molar-refractivity contribution is 6.03. The maximum atomic E-state index is 5.54. The fraction of sp³-hybridized carbons (Fsp3) is 0.316. The highest BCUT2D eigenvalue weighted by Crippen LogP contribution is 2.12. The van der Waals surface area contributed by atoms with Gasteiger partial charge in [-0.25, -0.2) is 0 Å². The summed E-state index contributed by atoms with van der Waals surface area (Å²) in [6.45, 7) is 5.62. The quantitative estimate of drug-likeness (QED) is 0.430. The summed E-state index contributed by atoms with van der Waals surface area (Å²) in [5, 5.41) is 6.71. The Hall–Kier alpha value is -2.33. The Morgan fingerprint density at radius 2 is 1.30 bits per heavy atom. The van der Waals surface area contributed by atoms with Gasteiger partial charge in [-0.15, -0.1) is 0 Å². The van der Waals surface area contributed by atoms with Gasteiger partial charge >= 0.3 is 0 Å². The predicted molar refractivity (Wildman–Crippen MR) is 100 cm³/mol. The van der Waals surface area contributed by atoms with Crippen molar-refractivity contribution in [3.8, 4) is 0 Å². The molecule has 0 saturated heterocycles. The summed E-state index contributed by atoms with van der Waals surface area (Å²) in [6.07, 6.45) is 1.98. The molecular formula is C19H26N4. The van der Waals surface area contributed by atoms with E-state index in [0.717, 1.165) is 36.7 Å². The lowest BCUT2D eigenvalue weighted by molar-refractivity contribution is 0.756. The molecule has 0 radical (unpaired) electrons. The van der Waals surface area contributed by atoms with Gasteiger partial charge in [0.25, 0.3) is 0 Å². The van der Waals surface area contributed by atoms with E-state index in [2.05, 4.69) is 78.0 Å². The summed E-state index contributed by atoms with van der Waals surface area (Å²) in [6, 6.07) is 16.6. The molecule has 0 fully saturated rings. The Kier molecular flexibility index (Phi) is 6.63. The zero-order chi connectivity index (χ0) is 16.5. The van der Waals surface area contributed by atoms with Crippen molar-refractivity contribution in [3.63, 3.8) is 0 Å². The number of aryl methyl sites for hydroxylation is 2. The van der Waals surface area contributed by atoms with Gasteiger partial charge in [0.05, 0.1) is 0 Å². The third-order valence-electron chi connectivity index (χ3n) is 3.51. The summed E-state index contributed by atoms with van der Waals surface area (Å²) >= 11 is 0. The van der Waals surface area contributed by atoms with Gasteiger partial charge in [0.2, 0.25) is 0 Å². The molecule has 0 aliphatic rings. The lowest BCUT2D eigenvalue weighted by Crippen LogP contribution is -2.22. The van der Waals surface area contributed by atoms with Crippen molar-refractivity contribution in [2.75, 3.05) is 23.7 Å². The Labute approximate surface area is 138 Å². The van der Waals surface area contributed by atoms with Crippen LogP contribution in [0, 0.1) is 13.8 Å². The normalized spacial score (nSPS) is 10.2. The van der Waals surface area contributed by atoms with Crippen molar-refractivity contribution < 1.29 is 0 Å².